The lowest BCUT2D eigenvalue weighted by atomic mass is 9.77. The average Bonchev–Trinajstić information content (AvgIpc) is 3.69. The maximum atomic E-state index is 13.6. The minimum absolute atomic E-state index is 0.141. The van der Waals surface area contributed by atoms with E-state index in [0.717, 1.165) is 53.5 Å². The highest BCUT2D eigenvalue weighted by Gasteiger charge is 2.41. The van der Waals surface area contributed by atoms with Crippen LogP contribution in [0.25, 0.3) is 22.5 Å². The van der Waals surface area contributed by atoms with E-state index in [0.29, 0.717) is 34.5 Å². The Morgan fingerprint density at radius 1 is 0.731 bits per heavy atom. The summed E-state index contributed by atoms with van der Waals surface area (Å²) in [5, 5.41) is 17.9. The normalized spacial score (nSPS) is 15.8. The molecule has 1 aliphatic carbocycles. The highest BCUT2D eigenvalue weighted by Crippen LogP contribution is 2.42. The number of aromatic nitrogens is 4. The topological polar surface area (TPSA) is 94.4 Å². The second-order valence-corrected chi connectivity index (χ2v) is 13.5. The Morgan fingerprint density at radius 2 is 1.31 bits per heavy atom. The van der Waals surface area contributed by atoms with E-state index >= 15 is 0 Å². The van der Waals surface area contributed by atoms with Gasteiger partial charge < -0.3 is 19.7 Å². The summed E-state index contributed by atoms with van der Waals surface area (Å²) in [5.74, 6) is 2.33. The van der Waals surface area contributed by atoms with Gasteiger partial charge >= 0.3 is 6.03 Å². The summed E-state index contributed by atoms with van der Waals surface area (Å²) in [6.07, 6.45) is 4.27. The number of methoxy groups -OCH3 is 2. The van der Waals surface area contributed by atoms with Gasteiger partial charge in [0.25, 0.3) is 0 Å². The van der Waals surface area contributed by atoms with E-state index < -0.39 is 5.54 Å². The summed E-state index contributed by atoms with van der Waals surface area (Å²) >= 11 is 0. The van der Waals surface area contributed by atoms with Crippen molar-refractivity contribution in [2.24, 2.45) is 5.92 Å². The Balaban J connectivity index is 1.37. The third-order valence-electron chi connectivity index (χ3n) is 10.3. The number of rotatable bonds is 10. The maximum Gasteiger partial charge on any atom is 0.321 e. The molecule has 264 valence electrons. The van der Waals surface area contributed by atoms with E-state index in [1.165, 1.54) is 0 Å². The third-order valence-corrected chi connectivity index (χ3v) is 10.3. The molecule has 52 heavy (non-hydrogen) atoms. The van der Waals surface area contributed by atoms with Crippen molar-refractivity contribution >= 4 is 11.7 Å². The van der Waals surface area contributed by atoms with Gasteiger partial charge in [-0.05, 0) is 88.9 Å². The third kappa shape index (κ3) is 6.62. The summed E-state index contributed by atoms with van der Waals surface area (Å²) in [7, 11) is 5.12. The lowest BCUT2D eigenvalue weighted by molar-refractivity contribution is 0.175. The zero-order valence-electron chi connectivity index (χ0n) is 30.1. The second-order valence-electron chi connectivity index (χ2n) is 13.5. The maximum absolute atomic E-state index is 13.6. The molecule has 7 rings (SSSR count). The van der Waals surface area contributed by atoms with E-state index in [-0.39, 0.29) is 12.1 Å². The molecule has 6 aromatic rings. The Hall–Kier alpha value is -5.96. The molecule has 0 aliphatic heterocycles. The van der Waals surface area contributed by atoms with Crippen LogP contribution in [0.3, 0.4) is 0 Å². The molecule has 0 saturated heterocycles. The van der Waals surface area contributed by atoms with Crippen LogP contribution in [0.4, 0.5) is 10.5 Å². The molecule has 1 N–H and O–H groups in total. The largest absolute Gasteiger partial charge is 0.493 e. The fourth-order valence-electron chi connectivity index (χ4n) is 7.42. The number of nitrogens with zero attached hydrogens (tertiary/aromatic N) is 5. The molecule has 9 heteroatoms. The van der Waals surface area contributed by atoms with Crippen LogP contribution in [0.15, 0.2) is 127 Å². The molecule has 5 aromatic carbocycles. The Bertz CT molecular complexity index is 2020. The summed E-state index contributed by atoms with van der Waals surface area (Å²) in [6.45, 7) is 2.28. The number of urea groups is 1. The quantitative estimate of drug-likeness (QED) is 0.144. The van der Waals surface area contributed by atoms with Gasteiger partial charge in [0.2, 0.25) is 5.82 Å². The highest BCUT2D eigenvalue weighted by atomic mass is 16.5. The van der Waals surface area contributed by atoms with Crippen molar-refractivity contribution in [1.29, 1.82) is 0 Å². The number of hydrogen-bond donors (Lipinski definition) is 1. The molecule has 0 radical (unpaired) electrons. The first-order valence-corrected chi connectivity index (χ1v) is 17.8. The van der Waals surface area contributed by atoms with Crippen LogP contribution in [0.1, 0.15) is 49.3 Å². The fourth-order valence-corrected chi connectivity index (χ4v) is 7.42. The second kappa shape index (κ2) is 15.1. The number of ether oxygens (including phenoxy) is 2. The number of anilines is 1. The van der Waals surface area contributed by atoms with Gasteiger partial charge in [0.05, 0.1) is 14.2 Å². The average molecular weight is 693 g/mol. The molecule has 1 aromatic heterocycles. The summed E-state index contributed by atoms with van der Waals surface area (Å²) in [4.78, 5) is 17.1. The molecule has 0 bridgehead atoms. The van der Waals surface area contributed by atoms with Crippen molar-refractivity contribution in [3.63, 3.8) is 0 Å². The monoisotopic (exact) mass is 692 g/mol. The number of carbonyl (C=O) groups is 1. The number of nitrogens with one attached hydrogen (secondary N) is 1. The molecular weight excluding hydrogens is 649 g/mol. The van der Waals surface area contributed by atoms with E-state index in [1.807, 2.05) is 103 Å². The minimum atomic E-state index is -0.940. The molecule has 0 unspecified atom stereocenters. The molecular formula is C43H44N6O3. The van der Waals surface area contributed by atoms with Crippen LogP contribution >= 0.6 is 0 Å². The molecule has 0 atom stereocenters. The predicted octanol–water partition coefficient (Wildman–Crippen LogP) is 8.91. The van der Waals surface area contributed by atoms with Gasteiger partial charge in [-0.3, -0.25) is 0 Å². The minimum Gasteiger partial charge on any atom is -0.493 e. The summed E-state index contributed by atoms with van der Waals surface area (Å²) < 4.78 is 11.2. The molecule has 9 nitrogen and oxygen atoms in total. The van der Waals surface area contributed by atoms with E-state index in [2.05, 4.69) is 48.6 Å². The summed E-state index contributed by atoms with van der Waals surface area (Å²) in [6, 6.07) is 42.4. The van der Waals surface area contributed by atoms with Gasteiger partial charge in [-0.1, -0.05) is 110 Å². The van der Waals surface area contributed by atoms with Gasteiger partial charge in [0, 0.05) is 24.3 Å². The van der Waals surface area contributed by atoms with Crippen molar-refractivity contribution in [3.05, 3.63) is 144 Å². The Labute approximate surface area is 305 Å². The van der Waals surface area contributed by atoms with Crippen molar-refractivity contribution < 1.29 is 14.3 Å². The van der Waals surface area contributed by atoms with Gasteiger partial charge in [-0.25, -0.2) is 4.79 Å². The standard InChI is InChI=1S/C43H44N6O3/c1-30-20-24-36(25-21-30)48(2)42(50)44-35-23-26-37(31-22-27-39(51-3)40(28-31)52-4)38(29-35)41-45-47-49(46-41)43(32-14-8-5-9-15-32,33-16-10-6-11-17-33)34-18-12-7-13-19-34/h5-19,22-23,26-30,36H,20-21,24-25H2,1-4H3,(H,44,50). The zero-order chi connectivity index (χ0) is 36.1. The molecule has 1 aliphatic rings. The molecule has 1 heterocycles. The number of tetrazole rings is 1. The smallest absolute Gasteiger partial charge is 0.321 e. The number of amides is 2. The molecule has 1 saturated carbocycles. The molecule has 2 amide bonds. The lowest BCUT2D eigenvalue weighted by Gasteiger charge is -2.34. The van der Waals surface area contributed by atoms with Gasteiger partial charge in [-0.2, -0.15) is 0 Å². The van der Waals surface area contributed by atoms with Crippen molar-refractivity contribution in [2.75, 3.05) is 26.6 Å². The number of hydrogen-bond acceptors (Lipinski definition) is 6. The highest BCUT2D eigenvalue weighted by molar-refractivity contribution is 5.92. The van der Waals surface area contributed by atoms with Crippen LogP contribution in [0, 0.1) is 5.92 Å². The van der Waals surface area contributed by atoms with Crippen molar-refractivity contribution in [3.8, 4) is 34.0 Å². The van der Waals surface area contributed by atoms with E-state index in [9.17, 15) is 4.79 Å². The van der Waals surface area contributed by atoms with Crippen LogP contribution in [-0.4, -0.2) is 58.4 Å². The van der Waals surface area contributed by atoms with Crippen LogP contribution < -0.4 is 14.8 Å². The van der Waals surface area contributed by atoms with Gasteiger partial charge in [0.1, 0.15) is 0 Å². The van der Waals surface area contributed by atoms with Crippen LogP contribution in [0.2, 0.25) is 0 Å². The predicted molar refractivity (Wildman–Crippen MR) is 205 cm³/mol. The van der Waals surface area contributed by atoms with Crippen molar-refractivity contribution in [1.82, 2.24) is 25.1 Å². The Kier molecular flexibility index (Phi) is 10.0. The zero-order valence-corrected chi connectivity index (χ0v) is 30.1. The first-order chi connectivity index (χ1) is 25.4. The summed E-state index contributed by atoms with van der Waals surface area (Å²) in [5.41, 5.74) is 5.07. The lowest BCUT2D eigenvalue weighted by Crippen LogP contribution is -2.41. The van der Waals surface area contributed by atoms with Crippen LogP contribution in [0.5, 0.6) is 11.5 Å². The van der Waals surface area contributed by atoms with Crippen molar-refractivity contribution in [2.45, 2.75) is 44.2 Å². The van der Waals surface area contributed by atoms with Gasteiger partial charge in [0.15, 0.2) is 17.0 Å². The first-order valence-electron chi connectivity index (χ1n) is 17.8. The Morgan fingerprint density at radius 3 is 1.87 bits per heavy atom. The first kappa shape index (κ1) is 34.5. The van der Waals surface area contributed by atoms with E-state index in [1.54, 1.807) is 19.0 Å². The van der Waals surface area contributed by atoms with Gasteiger partial charge in [-0.15, -0.1) is 15.0 Å². The number of carbonyl (C=O) groups excluding carboxylic acids is 1. The molecule has 1 fully saturated rings. The van der Waals surface area contributed by atoms with Crippen LogP contribution in [-0.2, 0) is 5.54 Å². The van der Waals surface area contributed by atoms with E-state index in [4.69, 9.17) is 24.9 Å². The fraction of sp³-hybridized carbons (Fsp3) is 0.256. The molecule has 0 spiro atoms. The number of benzene rings is 5. The SMILES string of the molecule is COc1ccc(-c2ccc(NC(=O)N(C)C3CCC(C)CC3)cc2-c2nnn(C(c3ccccc3)(c3ccccc3)c3ccccc3)n2)cc1OC.